The fraction of sp³-hybridized carbons (Fsp3) is 0.562. The standard InChI is InChI=1S/C16H22N2O4/c1-10-7-18(8-11(2)22-10)16(19)12(3)17-13-4-5-14-15(6-13)21-9-20-14/h4-6,10-12,17H,7-9H2,1-3H3/t10-,11-,12+/m1/s1. The molecule has 0 spiro atoms. The first-order valence-corrected chi connectivity index (χ1v) is 7.63. The van der Waals surface area contributed by atoms with Crippen molar-refractivity contribution >= 4 is 11.6 Å². The van der Waals surface area contributed by atoms with Gasteiger partial charge >= 0.3 is 0 Å². The average Bonchev–Trinajstić information content (AvgIpc) is 2.93. The number of hydrogen-bond acceptors (Lipinski definition) is 5. The van der Waals surface area contributed by atoms with E-state index >= 15 is 0 Å². The summed E-state index contributed by atoms with van der Waals surface area (Å²) in [5.74, 6) is 1.53. The Hall–Kier alpha value is -1.95. The van der Waals surface area contributed by atoms with Gasteiger partial charge in [-0.2, -0.15) is 0 Å². The number of morpholine rings is 1. The van der Waals surface area contributed by atoms with Gasteiger partial charge in [0.05, 0.1) is 12.2 Å². The van der Waals surface area contributed by atoms with Crippen LogP contribution in [0.15, 0.2) is 18.2 Å². The maximum absolute atomic E-state index is 12.6. The molecule has 22 heavy (non-hydrogen) atoms. The molecule has 1 saturated heterocycles. The number of carbonyl (C=O) groups excluding carboxylic acids is 1. The van der Waals surface area contributed by atoms with Crippen molar-refractivity contribution in [1.29, 1.82) is 0 Å². The average molecular weight is 306 g/mol. The smallest absolute Gasteiger partial charge is 0.244 e. The van der Waals surface area contributed by atoms with Crippen molar-refractivity contribution in [2.24, 2.45) is 0 Å². The minimum Gasteiger partial charge on any atom is -0.454 e. The van der Waals surface area contributed by atoms with Crippen LogP contribution in [0.2, 0.25) is 0 Å². The minimum atomic E-state index is -0.308. The summed E-state index contributed by atoms with van der Waals surface area (Å²) in [4.78, 5) is 14.4. The molecule has 0 bridgehead atoms. The molecule has 0 saturated carbocycles. The van der Waals surface area contributed by atoms with Gasteiger partial charge in [0, 0.05) is 24.8 Å². The molecule has 1 N–H and O–H groups in total. The van der Waals surface area contributed by atoms with Crippen molar-refractivity contribution in [3.05, 3.63) is 18.2 Å². The SMILES string of the molecule is C[C@@H]1CN(C(=O)[C@H](C)Nc2ccc3c(c2)OCO3)C[C@@H](C)O1. The van der Waals surface area contributed by atoms with Crippen LogP contribution < -0.4 is 14.8 Å². The van der Waals surface area contributed by atoms with Crippen LogP contribution in [-0.4, -0.2) is 48.9 Å². The van der Waals surface area contributed by atoms with Gasteiger partial charge in [-0.05, 0) is 32.9 Å². The molecule has 0 unspecified atom stereocenters. The van der Waals surface area contributed by atoms with Crippen molar-refractivity contribution in [1.82, 2.24) is 4.90 Å². The number of amides is 1. The molecule has 2 heterocycles. The predicted octanol–water partition coefficient (Wildman–Crippen LogP) is 1.85. The molecule has 0 radical (unpaired) electrons. The van der Waals surface area contributed by atoms with E-state index in [0.717, 1.165) is 11.4 Å². The molecule has 2 aliphatic rings. The van der Waals surface area contributed by atoms with Gasteiger partial charge in [-0.1, -0.05) is 0 Å². The Bertz CT molecular complexity index is 553. The van der Waals surface area contributed by atoms with Gasteiger partial charge in [0.1, 0.15) is 6.04 Å². The van der Waals surface area contributed by atoms with Crippen LogP contribution in [-0.2, 0) is 9.53 Å². The zero-order valence-corrected chi connectivity index (χ0v) is 13.2. The lowest BCUT2D eigenvalue weighted by molar-refractivity contribution is -0.143. The molecule has 6 heteroatoms. The Kier molecular flexibility index (Phi) is 4.11. The van der Waals surface area contributed by atoms with Gasteiger partial charge in [0.25, 0.3) is 0 Å². The summed E-state index contributed by atoms with van der Waals surface area (Å²) in [6.07, 6.45) is 0.149. The van der Waals surface area contributed by atoms with Crippen molar-refractivity contribution in [2.45, 2.75) is 39.0 Å². The largest absolute Gasteiger partial charge is 0.454 e. The van der Waals surface area contributed by atoms with E-state index in [9.17, 15) is 4.79 Å². The number of nitrogens with zero attached hydrogens (tertiary/aromatic N) is 1. The van der Waals surface area contributed by atoms with Crippen molar-refractivity contribution in [3.63, 3.8) is 0 Å². The highest BCUT2D eigenvalue weighted by molar-refractivity contribution is 5.84. The molecule has 1 aromatic carbocycles. The molecule has 6 nitrogen and oxygen atoms in total. The van der Waals surface area contributed by atoms with E-state index < -0.39 is 0 Å². The summed E-state index contributed by atoms with van der Waals surface area (Å²) in [6, 6.07) is 5.29. The van der Waals surface area contributed by atoms with Gasteiger partial charge in [0.2, 0.25) is 12.7 Å². The lowest BCUT2D eigenvalue weighted by Gasteiger charge is -2.36. The fourth-order valence-corrected chi connectivity index (χ4v) is 2.93. The van der Waals surface area contributed by atoms with E-state index in [1.807, 2.05) is 43.9 Å². The normalized spacial score (nSPS) is 25.0. The molecular formula is C16H22N2O4. The number of anilines is 1. The molecule has 120 valence electrons. The van der Waals surface area contributed by atoms with E-state index in [0.29, 0.717) is 18.8 Å². The van der Waals surface area contributed by atoms with Gasteiger partial charge in [-0.25, -0.2) is 0 Å². The lowest BCUT2D eigenvalue weighted by atomic mass is 10.2. The fourth-order valence-electron chi connectivity index (χ4n) is 2.93. The van der Waals surface area contributed by atoms with Gasteiger partial charge < -0.3 is 24.4 Å². The Labute approximate surface area is 130 Å². The molecular weight excluding hydrogens is 284 g/mol. The summed E-state index contributed by atoms with van der Waals surface area (Å²) < 4.78 is 16.3. The summed E-state index contributed by atoms with van der Waals surface area (Å²) >= 11 is 0. The first-order chi connectivity index (χ1) is 10.5. The minimum absolute atomic E-state index is 0.0745. The number of hydrogen-bond donors (Lipinski definition) is 1. The quantitative estimate of drug-likeness (QED) is 0.923. The van der Waals surface area contributed by atoms with Crippen molar-refractivity contribution < 1.29 is 19.0 Å². The Morgan fingerprint density at radius 3 is 2.64 bits per heavy atom. The van der Waals surface area contributed by atoms with Gasteiger partial charge in [-0.15, -0.1) is 0 Å². The second-order valence-electron chi connectivity index (χ2n) is 5.93. The molecule has 1 aromatic rings. The molecule has 3 atom stereocenters. The maximum Gasteiger partial charge on any atom is 0.244 e. The maximum atomic E-state index is 12.6. The topological polar surface area (TPSA) is 60.0 Å². The van der Waals surface area contributed by atoms with Gasteiger partial charge in [-0.3, -0.25) is 4.79 Å². The zero-order valence-electron chi connectivity index (χ0n) is 13.2. The van der Waals surface area contributed by atoms with Crippen LogP contribution in [0, 0.1) is 0 Å². The molecule has 2 aliphatic heterocycles. The van der Waals surface area contributed by atoms with Crippen LogP contribution in [0.25, 0.3) is 0 Å². The number of carbonyl (C=O) groups is 1. The third-order valence-electron chi connectivity index (χ3n) is 3.86. The predicted molar refractivity (Wildman–Crippen MR) is 82.2 cm³/mol. The van der Waals surface area contributed by atoms with E-state index in [4.69, 9.17) is 14.2 Å². The molecule has 0 aliphatic carbocycles. The Balaban J connectivity index is 1.63. The van der Waals surface area contributed by atoms with Crippen LogP contribution in [0.3, 0.4) is 0 Å². The number of nitrogens with one attached hydrogen (secondary N) is 1. The Morgan fingerprint density at radius 2 is 1.91 bits per heavy atom. The van der Waals surface area contributed by atoms with Crippen molar-refractivity contribution in [2.75, 3.05) is 25.2 Å². The van der Waals surface area contributed by atoms with E-state index in [1.54, 1.807) is 0 Å². The highest BCUT2D eigenvalue weighted by Crippen LogP contribution is 2.34. The first-order valence-electron chi connectivity index (χ1n) is 7.63. The number of fused-ring (bicyclic) bond motifs is 1. The molecule has 1 fully saturated rings. The van der Waals surface area contributed by atoms with E-state index in [2.05, 4.69) is 5.32 Å². The van der Waals surface area contributed by atoms with E-state index in [1.165, 1.54) is 0 Å². The molecule has 3 rings (SSSR count). The highest BCUT2D eigenvalue weighted by atomic mass is 16.7. The van der Waals surface area contributed by atoms with Crippen LogP contribution in [0.5, 0.6) is 11.5 Å². The number of rotatable bonds is 3. The molecule has 0 aromatic heterocycles. The second kappa shape index (κ2) is 6.04. The van der Waals surface area contributed by atoms with Crippen molar-refractivity contribution in [3.8, 4) is 11.5 Å². The van der Waals surface area contributed by atoms with Crippen LogP contribution in [0.4, 0.5) is 5.69 Å². The van der Waals surface area contributed by atoms with Crippen LogP contribution >= 0.6 is 0 Å². The summed E-state index contributed by atoms with van der Waals surface area (Å²) in [6.45, 7) is 7.37. The summed E-state index contributed by atoms with van der Waals surface area (Å²) in [5, 5.41) is 3.23. The second-order valence-corrected chi connectivity index (χ2v) is 5.93. The third-order valence-corrected chi connectivity index (χ3v) is 3.86. The molecule has 1 amide bonds. The first kappa shape index (κ1) is 15.0. The lowest BCUT2D eigenvalue weighted by Crippen LogP contribution is -2.52. The van der Waals surface area contributed by atoms with Gasteiger partial charge in [0.15, 0.2) is 11.5 Å². The third kappa shape index (κ3) is 3.11. The zero-order chi connectivity index (χ0) is 15.7. The summed E-state index contributed by atoms with van der Waals surface area (Å²) in [7, 11) is 0. The number of ether oxygens (including phenoxy) is 3. The summed E-state index contributed by atoms with van der Waals surface area (Å²) in [5.41, 5.74) is 0.847. The number of benzene rings is 1. The highest BCUT2D eigenvalue weighted by Gasteiger charge is 2.28. The Morgan fingerprint density at radius 1 is 1.23 bits per heavy atom. The van der Waals surface area contributed by atoms with E-state index in [-0.39, 0.29) is 30.9 Å². The monoisotopic (exact) mass is 306 g/mol. The van der Waals surface area contributed by atoms with Crippen LogP contribution in [0.1, 0.15) is 20.8 Å².